The van der Waals surface area contributed by atoms with Crippen LogP contribution in [0.3, 0.4) is 0 Å². The maximum absolute atomic E-state index is 12.3. The summed E-state index contributed by atoms with van der Waals surface area (Å²) in [7, 11) is 0. The summed E-state index contributed by atoms with van der Waals surface area (Å²) in [4.78, 5) is 20.9. The highest BCUT2D eigenvalue weighted by atomic mass is 35.5. The van der Waals surface area contributed by atoms with Crippen LogP contribution >= 0.6 is 11.6 Å². The predicted molar refractivity (Wildman–Crippen MR) is 97.3 cm³/mol. The summed E-state index contributed by atoms with van der Waals surface area (Å²) in [5, 5.41) is 3.82. The van der Waals surface area contributed by atoms with E-state index >= 15 is 0 Å². The Balaban J connectivity index is 1.95. The number of halogens is 1. The van der Waals surface area contributed by atoms with Crippen molar-refractivity contribution in [2.45, 2.75) is 13.3 Å². The molecule has 3 aromatic rings. The molecule has 25 heavy (non-hydrogen) atoms. The average molecular weight is 354 g/mol. The second kappa shape index (κ2) is 5.89. The van der Waals surface area contributed by atoms with Gasteiger partial charge in [0.1, 0.15) is 23.7 Å². The van der Waals surface area contributed by atoms with E-state index in [1.54, 1.807) is 4.57 Å². The van der Waals surface area contributed by atoms with Crippen molar-refractivity contribution in [3.8, 4) is 16.9 Å². The molecule has 0 saturated carbocycles. The second-order valence-corrected chi connectivity index (χ2v) is 6.41. The zero-order valence-corrected chi connectivity index (χ0v) is 14.3. The number of nitrogens with zero attached hydrogens (tertiary/aromatic N) is 3. The molecule has 4 rings (SSSR count). The molecule has 1 aromatic carbocycles. The van der Waals surface area contributed by atoms with Crippen LogP contribution in [-0.4, -0.2) is 27.0 Å². The van der Waals surface area contributed by atoms with Gasteiger partial charge in [-0.05, 0) is 42.7 Å². The van der Waals surface area contributed by atoms with Crippen LogP contribution in [0.25, 0.3) is 16.9 Å². The van der Waals surface area contributed by atoms with Crippen molar-refractivity contribution < 1.29 is 4.79 Å². The molecule has 0 fully saturated rings. The van der Waals surface area contributed by atoms with Crippen LogP contribution in [0.1, 0.15) is 21.6 Å². The topological polar surface area (TPSA) is 85.8 Å². The summed E-state index contributed by atoms with van der Waals surface area (Å²) in [5.74, 6) is 0.960. The number of hydrogen-bond acceptors (Lipinski definition) is 4. The molecule has 126 valence electrons. The lowest BCUT2D eigenvalue weighted by atomic mass is 10.0. The van der Waals surface area contributed by atoms with Crippen LogP contribution in [0.5, 0.6) is 0 Å². The Hall–Kier alpha value is -2.86. The zero-order chi connectivity index (χ0) is 17.6. The molecule has 0 spiro atoms. The highest BCUT2D eigenvalue weighted by molar-refractivity contribution is 6.31. The second-order valence-electron chi connectivity index (χ2n) is 5.97. The summed E-state index contributed by atoms with van der Waals surface area (Å²) in [6.07, 6.45) is 4.10. The molecule has 0 atom stereocenters. The minimum Gasteiger partial charge on any atom is -0.369 e. The predicted octanol–water partition coefficient (Wildman–Crippen LogP) is 2.96. The maximum Gasteiger partial charge on any atom is 0.266 e. The summed E-state index contributed by atoms with van der Waals surface area (Å²) in [6.45, 7) is 2.77. The summed E-state index contributed by atoms with van der Waals surface area (Å²) < 4.78 is 1.74. The first-order chi connectivity index (χ1) is 12.1. The number of anilines is 1. The van der Waals surface area contributed by atoms with Gasteiger partial charge in [0.2, 0.25) is 0 Å². The van der Waals surface area contributed by atoms with Gasteiger partial charge in [-0.1, -0.05) is 17.7 Å². The van der Waals surface area contributed by atoms with Gasteiger partial charge in [-0.25, -0.2) is 9.97 Å². The molecular formula is C18H16ClN5O. The Morgan fingerprint density at radius 2 is 2.12 bits per heavy atom. The van der Waals surface area contributed by atoms with Gasteiger partial charge in [0.05, 0.1) is 0 Å². The number of nitrogens with two attached hydrogens (primary N) is 1. The number of fused-ring (bicyclic) bond motifs is 1. The molecule has 2 aromatic heterocycles. The van der Waals surface area contributed by atoms with Crippen molar-refractivity contribution in [1.29, 1.82) is 0 Å². The fraction of sp³-hybridized carbons (Fsp3) is 0.167. The van der Waals surface area contributed by atoms with E-state index in [0.29, 0.717) is 16.5 Å². The van der Waals surface area contributed by atoms with E-state index in [1.807, 2.05) is 37.4 Å². The Labute approximate surface area is 149 Å². The van der Waals surface area contributed by atoms with Gasteiger partial charge in [0.25, 0.3) is 5.91 Å². The van der Waals surface area contributed by atoms with Gasteiger partial charge in [-0.3, -0.25) is 9.36 Å². The van der Waals surface area contributed by atoms with Gasteiger partial charge >= 0.3 is 0 Å². The molecule has 0 saturated heterocycles. The molecular weight excluding hydrogens is 338 g/mol. The number of carbonyl (C=O) groups excluding carboxylic acids is 1. The number of benzene rings is 1. The molecule has 0 unspecified atom stereocenters. The van der Waals surface area contributed by atoms with Crippen LogP contribution in [0.15, 0.2) is 36.8 Å². The van der Waals surface area contributed by atoms with Gasteiger partial charge in [-0.15, -0.1) is 0 Å². The molecule has 6 nitrogen and oxygen atoms in total. The number of aryl methyl sites for hydroxylation is 1. The fourth-order valence-electron chi connectivity index (χ4n) is 3.26. The number of carbonyl (C=O) groups is 1. The van der Waals surface area contributed by atoms with Crippen molar-refractivity contribution in [3.05, 3.63) is 58.6 Å². The van der Waals surface area contributed by atoms with E-state index < -0.39 is 5.91 Å². The normalized spacial score (nSPS) is 12.7. The van der Waals surface area contributed by atoms with E-state index in [-0.39, 0.29) is 0 Å². The number of rotatable bonds is 3. The summed E-state index contributed by atoms with van der Waals surface area (Å²) >= 11 is 6.15. The highest BCUT2D eigenvalue weighted by Crippen LogP contribution is 2.33. The molecule has 0 aliphatic carbocycles. The van der Waals surface area contributed by atoms with E-state index in [2.05, 4.69) is 15.3 Å². The SMILES string of the molecule is Cc1ccc(Cl)cc1-c1ccn(-c2ncnc3c2CCN3)c1C(N)=O. The smallest absolute Gasteiger partial charge is 0.266 e. The van der Waals surface area contributed by atoms with Gasteiger partial charge in [-0.2, -0.15) is 0 Å². The van der Waals surface area contributed by atoms with Crippen molar-refractivity contribution in [2.24, 2.45) is 5.73 Å². The monoisotopic (exact) mass is 353 g/mol. The molecule has 1 aliphatic rings. The van der Waals surface area contributed by atoms with Crippen LogP contribution < -0.4 is 11.1 Å². The fourth-order valence-corrected chi connectivity index (χ4v) is 3.43. The molecule has 1 aliphatic heterocycles. The van der Waals surface area contributed by atoms with Crippen molar-refractivity contribution in [2.75, 3.05) is 11.9 Å². The van der Waals surface area contributed by atoms with E-state index in [9.17, 15) is 4.79 Å². The van der Waals surface area contributed by atoms with Crippen molar-refractivity contribution >= 4 is 23.3 Å². The molecule has 7 heteroatoms. The third-order valence-corrected chi connectivity index (χ3v) is 4.66. The van der Waals surface area contributed by atoms with E-state index in [4.69, 9.17) is 17.3 Å². The lowest BCUT2D eigenvalue weighted by Gasteiger charge is -2.12. The van der Waals surface area contributed by atoms with Crippen LogP contribution in [0.2, 0.25) is 5.02 Å². The minimum absolute atomic E-state index is 0.387. The molecule has 0 bridgehead atoms. The Bertz CT molecular complexity index is 995. The Kier molecular flexibility index (Phi) is 3.69. The van der Waals surface area contributed by atoms with Crippen LogP contribution in [-0.2, 0) is 6.42 Å². The first kappa shape index (κ1) is 15.7. The van der Waals surface area contributed by atoms with Crippen LogP contribution in [0.4, 0.5) is 5.82 Å². The molecule has 0 radical (unpaired) electrons. The largest absolute Gasteiger partial charge is 0.369 e. The zero-order valence-electron chi connectivity index (χ0n) is 13.6. The van der Waals surface area contributed by atoms with Gasteiger partial charge in [0, 0.05) is 28.9 Å². The van der Waals surface area contributed by atoms with Crippen molar-refractivity contribution in [1.82, 2.24) is 14.5 Å². The Morgan fingerprint density at radius 3 is 2.92 bits per heavy atom. The summed E-state index contributed by atoms with van der Waals surface area (Å²) in [6, 6.07) is 7.46. The number of amides is 1. The van der Waals surface area contributed by atoms with Crippen molar-refractivity contribution in [3.63, 3.8) is 0 Å². The molecule has 1 amide bonds. The maximum atomic E-state index is 12.3. The number of hydrogen-bond donors (Lipinski definition) is 2. The molecule has 3 N–H and O–H groups in total. The average Bonchev–Trinajstić information content (AvgIpc) is 3.23. The number of nitrogens with one attached hydrogen (secondary N) is 1. The first-order valence-electron chi connectivity index (χ1n) is 7.92. The Morgan fingerprint density at radius 1 is 1.28 bits per heavy atom. The standard InChI is InChI=1S/C18H16ClN5O/c1-10-2-3-11(19)8-14(10)12-5-7-24(15(12)16(20)25)18-13-4-6-21-17(13)22-9-23-18/h2-3,5,7-9H,4,6H2,1H3,(H2,20,25)(H,21,22,23). The van der Waals surface area contributed by atoms with E-state index in [1.165, 1.54) is 6.33 Å². The third-order valence-electron chi connectivity index (χ3n) is 4.43. The number of primary amides is 1. The van der Waals surface area contributed by atoms with Gasteiger partial charge in [0.15, 0.2) is 0 Å². The highest BCUT2D eigenvalue weighted by Gasteiger charge is 2.23. The van der Waals surface area contributed by atoms with Gasteiger partial charge < -0.3 is 11.1 Å². The van der Waals surface area contributed by atoms with Crippen LogP contribution in [0, 0.1) is 6.92 Å². The molecule has 3 heterocycles. The number of aromatic nitrogens is 3. The lowest BCUT2D eigenvalue weighted by molar-refractivity contribution is 0.0994. The first-order valence-corrected chi connectivity index (χ1v) is 8.30. The summed E-state index contributed by atoms with van der Waals surface area (Å²) in [5.41, 5.74) is 9.72. The van der Waals surface area contributed by atoms with E-state index in [0.717, 1.165) is 41.0 Å². The quantitative estimate of drug-likeness (QED) is 0.758. The third kappa shape index (κ3) is 2.55. The lowest BCUT2D eigenvalue weighted by Crippen LogP contribution is -2.18. The minimum atomic E-state index is -0.516.